The van der Waals surface area contributed by atoms with Crippen LogP contribution in [0.2, 0.25) is 10.0 Å². The van der Waals surface area contributed by atoms with E-state index in [1.54, 1.807) is 28.8 Å². The van der Waals surface area contributed by atoms with Crippen molar-refractivity contribution in [2.24, 2.45) is 0 Å². The second-order valence-electron chi connectivity index (χ2n) is 9.08. The molecule has 1 N–H and O–H groups in total. The molecule has 0 unspecified atom stereocenters. The van der Waals surface area contributed by atoms with Crippen LogP contribution in [0.25, 0.3) is 0 Å². The van der Waals surface area contributed by atoms with E-state index < -0.39 is 6.04 Å². The monoisotopic (exact) mass is 556 g/mol. The van der Waals surface area contributed by atoms with Crippen molar-refractivity contribution in [2.75, 3.05) is 5.75 Å². The highest BCUT2D eigenvalue weighted by atomic mass is 35.5. The van der Waals surface area contributed by atoms with Crippen LogP contribution in [0, 0.1) is 0 Å². The Bertz CT molecular complexity index is 1140. The standard InChI is InChI=1S/C30H34Cl2N2O2S/c1-3-22(2)33-30(36)28(19-23-10-6-4-7-11-23)34(20-25-14-15-26(31)27(32)18-25)29(35)16-17-37-21-24-12-8-5-9-13-24/h4-15,18,22,28H,3,16-17,19-21H2,1-2H3,(H,33,36)/t22-,28+/m0/s1. The van der Waals surface area contributed by atoms with E-state index in [4.69, 9.17) is 23.2 Å². The number of benzene rings is 3. The third-order valence-electron chi connectivity index (χ3n) is 6.18. The molecule has 0 spiro atoms. The quantitative estimate of drug-likeness (QED) is 0.227. The predicted octanol–water partition coefficient (Wildman–Crippen LogP) is 7.17. The van der Waals surface area contributed by atoms with Crippen molar-refractivity contribution in [1.82, 2.24) is 10.2 Å². The molecule has 0 fully saturated rings. The van der Waals surface area contributed by atoms with Gasteiger partial charge in [-0.15, -0.1) is 0 Å². The Kier molecular flexibility index (Phi) is 11.8. The van der Waals surface area contributed by atoms with Gasteiger partial charge in [0.15, 0.2) is 0 Å². The van der Waals surface area contributed by atoms with Gasteiger partial charge in [0, 0.05) is 36.9 Å². The smallest absolute Gasteiger partial charge is 0.243 e. The summed E-state index contributed by atoms with van der Waals surface area (Å²) in [5.74, 6) is 1.29. The molecule has 4 nitrogen and oxygen atoms in total. The highest BCUT2D eigenvalue weighted by Gasteiger charge is 2.30. The molecule has 2 amide bonds. The van der Waals surface area contributed by atoms with E-state index in [1.165, 1.54) is 5.56 Å². The maximum atomic E-state index is 13.7. The molecule has 3 aromatic rings. The number of carbonyl (C=O) groups is 2. The molecule has 0 saturated carbocycles. The zero-order chi connectivity index (χ0) is 26.6. The fraction of sp³-hybridized carbons (Fsp3) is 0.333. The Morgan fingerprint density at radius 3 is 2.16 bits per heavy atom. The Labute approximate surface area is 234 Å². The number of amides is 2. The van der Waals surface area contributed by atoms with Crippen molar-refractivity contribution in [3.63, 3.8) is 0 Å². The molecule has 0 aliphatic carbocycles. The first-order valence-electron chi connectivity index (χ1n) is 12.6. The molecule has 3 aromatic carbocycles. The lowest BCUT2D eigenvalue weighted by molar-refractivity contribution is -0.141. The number of thioether (sulfide) groups is 1. The van der Waals surface area contributed by atoms with Gasteiger partial charge in [-0.1, -0.05) is 96.9 Å². The topological polar surface area (TPSA) is 49.4 Å². The van der Waals surface area contributed by atoms with E-state index >= 15 is 0 Å². The summed E-state index contributed by atoms with van der Waals surface area (Å²) < 4.78 is 0. The SMILES string of the molecule is CC[C@H](C)NC(=O)[C@@H](Cc1ccccc1)N(Cc1ccc(Cl)c(Cl)c1)C(=O)CCSCc1ccccc1. The predicted molar refractivity (Wildman–Crippen MR) is 156 cm³/mol. The second kappa shape index (κ2) is 15.1. The molecule has 196 valence electrons. The highest BCUT2D eigenvalue weighted by Crippen LogP contribution is 2.25. The summed E-state index contributed by atoms with van der Waals surface area (Å²) in [6.07, 6.45) is 1.56. The Balaban J connectivity index is 1.83. The number of hydrogen-bond donors (Lipinski definition) is 1. The van der Waals surface area contributed by atoms with Gasteiger partial charge in [0.05, 0.1) is 10.0 Å². The van der Waals surface area contributed by atoms with Crippen molar-refractivity contribution in [1.29, 1.82) is 0 Å². The van der Waals surface area contributed by atoms with E-state index in [2.05, 4.69) is 17.4 Å². The molecule has 0 aliphatic rings. The first-order valence-corrected chi connectivity index (χ1v) is 14.5. The van der Waals surface area contributed by atoms with Gasteiger partial charge in [-0.25, -0.2) is 0 Å². The average molecular weight is 558 g/mol. The molecule has 0 bridgehead atoms. The van der Waals surface area contributed by atoms with Crippen LogP contribution >= 0.6 is 35.0 Å². The van der Waals surface area contributed by atoms with Crippen LogP contribution in [0.3, 0.4) is 0 Å². The molecule has 37 heavy (non-hydrogen) atoms. The third kappa shape index (κ3) is 9.41. The van der Waals surface area contributed by atoms with Crippen molar-refractivity contribution >= 4 is 46.8 Å². The zero-order valence-corrected chi connectivity index (χ0v) is 23.7. The molecule has 0 radical (unpaired) electrons. The Morgan fingerprint density at radius 1 is 0.892 bits per heavy atom. The number of hydrogen-bond acceptors (Lipinski definition) is 3. The van der Waals surface area contributed by atoms with E-state index in [-0.39, 0.29) is 24.4 Å². The lowest BCUT2D eigenvalue weighted by Gasteiger charge is -2.32. The van der Waals surface area contributed by atoms with E-state index in [0.29, 0.717) is 28.6 Å². The summed E-state index contributed by atoms with van der Waals surface area (Å²) in [4.78, 5) is 28.9. The minimum atomic E-state index is -0.655. The Hall–Kier alpha value is -2.47. The van der Waals surface area contributed by atoms with Crippen LogP contribution < -0.4 is 5.32 Å². The van der Waals surface area contributed by atoms with Gasteiger partial charge in [0.1, 0.15) is 6.04 Å². The molecule has 3 rings (SSSR count). The fourth-order valence-electron chi connectivity index (χ4n) is 3.90. The summed E-state index contributed by atoms with van der Waals surface area (Å²) in [6, 6.07) is 24.7. The molecule has 0 aromatic heterocycles. The number of carbonyl (C=O) groups excluding carboxylic acids is 2. The summed E-state index contributed by atoms with van der Waals surface area (Å²) in [5, 5.41) is 3.97. The van der Waals surface area contributed by atoms with Crippen LogP contribution in [-0.2, 0) is 28.3 Å². The van der Waals surface area contributed by atoms with E-state index in [0.717, 1.165) is 23.3 Å². The molecule has 0 aliphatic heterocycles. The van der Waals surface area contributed by atoms with Crippen molar-refractivity contribution < 1.29 is 9.59 Å². The highest BCUT2D eigenvalue weighted by molar-refractivity contribution is 7.98. The lowest BCUT2D eigenvalue weighted by atomic mass is 10.0. The number of nitrogens with zero attached hydrogens (tertiary/aromatic N) is 1. The second-order valence-corrected chi connectivity index (χ2v) is 11.0. The van der Waals surface area contributed by atoms with Crippen LogP contribution in [0.4, 0.5) is 0 Å². The maximum Gasteiger partial charge on any atom is 0.243 e. The van der Waals surface area contributed by atoms with Crippen LogP contribution in [0.1, 0.15) is 43.4 Å². The van der Waals surface area contributed by atoms with Gasteiger partial charge >= 0.3 is 0 Å². The maximum absolute atomic E-state index is 13.7. The summed E-state index contributed by atoms with van der Waals surface area (Å²) in [5.41, 5.74) is 3.05. The van der Waals surface area contributed by atoms with Crippen LogP contribution in [0.5, 0.6) is 0 Å². The van der Waals surface area contributed by atoms with Gasteiger partial charge in [0.25, 0.3) is 0 Å². The lowest BCUT2D eigenvalue weighted by Crippen LogP contribution is -2.52. The van der Waals surface area contributed by atoms with Gasteiger partial charge in [-0.3, -0.25) is 9.59 Å². The fourth-order valence-corrected chi connectivity index (χ4v) is 5.11. The van der Waals surface area contributed by atoms with Crippen molar-refractivity contribution in [2.45, 2.75) is 57.5 Å². The molecule has 2 atom stereocenters. The van der Waals surface area contributed by atoms with E-state index in [9.17, 15) is 9.59 Å². The first kappa shape index (κ1) is 29.1. The van der Waals surface area contributed by atoms with E-state index in [1.807, 2.05) is 68.4 Å². The minimum absolute atomic E-state index is 0.00845. The number of rotatable bonds is 13. The number of nitrogens with one attached hydrogen (secondary N) is 1. The third-order valence-corrected chi connectivity index (χ3v) is 7.95. The number of halogens is 2. The molecule has 7 heteroatoms. The average Bonchev–Trinajstić information content (AvgIpc) is 2.91. The molecule has 0 saturated heterocycles. The summed E-state index contributed by atoms with van der Waals surface area (Å²) in [7, 11) is 0. The largest absolute Gasteiger partial charge is 0.352 e. The summed E-state index contributed by atoms with van der Waals surface area (Å²) >= 11 is 14.1. The molecule has 0 heterocycles. The minimum Gasteiger partial charge on any atom is -0.352 e. The normalized spacial score (nSPS) is 12.5. The van der Waals surface area contributed by atoms with Crippen LogP contribution in [-0.4, -0.2) is 34.6 Å². The molecular weight excluding hydrogens is 523 g/mol. The van der Waals surface area contributed by atoms with Crippen LogP contribution in [0.15, 0.2) is 78.9 Å². The van der Waals surface area contributed by atoms with Gasteiger partial charge < -0.3 is 10.2 Å². The van der Waals surface area contributed by atoms with Gasteiger partial charge in [0.2, 0.25) is 11.8 Å². The van der Waals surface area contributed by atoms with Crippen molar-refractivity contribution in [3.05, 3.63) is 106 Å². The summed E-state index contributed by atoms with van der Waals surface area (Å²) in [6.45, 7) is 4.27. The van der Waals surface area contributed by atoms with Crippen molar-refractivity contribution in [3.8, 4) is 0 Å². The van der Waals surface area contributed by atoms with Gasteiger partial charge in [-0.05, 0) is 42.2 Å². The first-order chi connectivity index (χ1) is 17.9. The molecular formula is C30H34Cl2N2O2S. The van der Waals surface area contributed by atoms with Gasteiger partial charge in [-0.2, -0.15) is 11.8 Å². The Morgan fingerprint density at radius 2 is 1.54 bits per heavy atom. The zero-order valence-electron chi connectivity index (χ0n) is 21.3.